The van der Waals surface area contributed by atoms with Crippen molar-refractivity contribution in [2.24, 2.45) is 0 Å². The van der Waals surface area contributed by atoms with Crippen molar-refractivity contribution in [1.82, 2.24) is 14.8 Å². The number of hydrogen-bond donors (Lipinski definition) is 1. The molecule has 0 spiro atoms. The van der Waals surface area contributed by atoms with Gasteiger partial charge >= 0.3 is 0 Å². The van der Waals surface area contributed by atoms with E-state index in [9.17, 15) is 9.18 Å². The number of benzene rings is 2. The van der Waals surface area contributed by atoms with Gasteiger partial charge in [0.05, 0.1) is 24.6 Å². The molecule has 2 aromatic heterocycles. The molecule has 0 saturated carbocycles. The molecule has 0 aliphatic heterocycles. The lowest BCUT2D eigenvalue weighted by Gasteiger charge is -2.10. The van der Waals surface area contributed by atoms with E-state index in [0.29, 0.717) is 38.4 Å². The van der Waals surface area contributed by atoms with Gasteiger partial charge in [-0.2, -0.15) is 9.78 Å². The second-order valence-corrected chi connectivity index (χ2v) is 7.20. The van der Waals surface area contributed by atoms with Crippen molar-refractivity contribution >= 4 is 33.3 Å². The maximum Gasteiger partial charge on any atom is 0.256 e. The molecular weight excluding hydrogens is 395 g/mol. The predicted molar refractivity (Wildman–Crippen MR) is 109 cm³/mol. The van der Waals surface area contributed by atoms with Gasteiger partial charge in [0.25, 0.3) is 5.91 Å². The van der Waals surface area contributed by atoms with E-state index in [1.165, 1.54) is 36.3 Å². The van der Waals surface area contributed by atoms with Crippen LogP contribution in [-0.4, -0.2) is 34.9 Å². The highest BCUT2D eigenvalue weighted by Crippen LogP contribution is 2.30. The first-order chi connectivity index (χ1) is 14.0. The van der Waals surface area contributed by atoms with Crippen LogP contribution in [0.2, 0.25) is 0 Å². The summed E-state index contributed by atoms with van der Waals surface area (Å²) >= 11 is 1.29. The first-order valence-corrected chi connectivity index (χ1v) is 9.47. The van der Waals surface area contributed by atoms with Crippen LogP contribution in [0.25, 0.3) is 15.3 Å². The molecular formula is C20H17FN4O3S. The summed E-state index contributed by atoms with van der Waals surface area (Å²) < 4.78 is 26.7. The van der Waals surface area contributed by atoms with Crippen LogP contribution in [0.3, 0.4) is 0 Å². The smallest absolute Gasteiger partial charge is 0.256 e. The number of halogens is 1. The lowest BCUT2D eigenvalue weighted by molar-refractivity contribution is 0.102. The second kappa shape index (κ2) is 7.51. The van der Waals surface area contributed by atoms with E-state index < -0.39 is 5.82 Å². The van der Waals surface area contributed by atoms with Gasteiger partial charge in [-0.3, -0.25) is 4.79 Å². The van der Waals surface area contributed by atoms with Crippen molar-refractivity contribution in [3.8, 4) is 16.6 Å². The van der Waals surface area contributed by atoms with E-state index in [1.54, 1.807) is 43.3 Å². The van der Waals surface area contributed by atoms with Gasteiger partial charge in [0.15, 0.2) is 11.5 Å². The molecule has 7 nitrogen and oxygen atoms in total. The van der Waals surface area contributed by atoms with E-state index in [-0.39, 0.29) is 11.4 Å². The van der Waals surface area contributed by atoms with Gasteiger partial charge in [-0.15, -0.1) is 0 Å². The molecule has 4 rings (SSSR count). The van der Waals surface area contributed by atoms with Gasteiger partial charge in [-0.05, 0) is 37.3 Å². The quantitative estimate of drug-likeness (QED) is 0.532. The van der Waals surface area contributed by atoms with Crippen LogP contribution in [0.1, 0.15) is 16.1 Å². The molecule has 0 atom stereocenters. The van der Waals surface area contributed by atoms with E-state index in [1.807, 2.05) is 0 Å². The summed E-state index contributed by atoms with van der Waals surface area (Å²) in [5.41, 5.74) is 1.36. The molecule has 0 radical (unpaired) electrons. The third kappa shape index (κ3) is 3.52. The first kappa shape index (κ1) is 18.9. The van der Waals surface area contributed by atoms with Gasteiger partial charge in [-0.25, -0.2) is 9.37 Å². The molecule has 148 valence electrons. The van der Waals surface area contributed by atoms with Crippen LogP contribution in [0, 0.1) is 12.7 Å². The fraction of sp³-hybridized carbons (Fsp3) is 0.150. The van der Waals surface area contributed by atoms with Crippen molar-refractivity contribution in [2.45, 2.75) is 6.92 Å². The third-order valence-electron chi connectivity index (χ3n) is 4.26. The zero-order valence-electron chi connectivity index (χ0n) is 15.9. The molecule has 0 aliphatic carbocycles. The number of carbonyl (C=O) groups excluding carboxylic acids is 1. The third-order valence-corrected chi connectivity index (χ3v) is 5.25. The molecule has 1 N–H and O–H groups in total. The largest absolute Gasteiger partial charge is 0.493 e. The predicted octanol–water partition coefficient (Wildman–Crippen LogP) is 4.20. The number of nitrogens with zero attached hydrogens (tertiary/aromatic N) is 3. The van der Waals surface area contributed by atoms with Crippen LogP contribution in [0.5, 0.6) is 11.5 Å². The van der Waals surface area contributed by atoms with Crippen molar-refractivity contribution in [2.75, 3.05) is 19.5 Å². The van der Waals surface area contributed by atoms with Crippen LogP contribution in [0.4, 0.5) is 10.2 Å². The minimum absolute atomic E-state index is 0.276. The Bertz CT molecular complexity index is 1220. The first-order valence-electron chi connectivity index (χ1n) is 8.65. The summed E-state index contributed by atoms with van der Waals surface area (Å²) in [7, 11) is 3.03. The summed E-state index contributed by atoms with van der Waals surface area (Å²) in [5, 5.41) is 7.69. The molecule has 29 heavy (non-hydrogen) atoms. The normalized spacial score (nSPS) is 10.9. The minimum Gasteiger partial charge on any atom is -0.493 e. The van der Waals surface area contributed by atoms with E-state index >= 15 is 0 Å². The lowest BCUT2D eigenvalue weighted by Crippen LogP contribution is -2.15. The SMILES string of the molecule is COc1ccc(C(=O)Nc2cc(C)nn2-c2nc3c(F)cccc3s2)cc1OC. The van der Waals surface area contributed by atoms with E-state index in [4.69, 9.17) is 9.47 Å². The molecule has 1 amide bonds. The highest BCUT2D eigenvalue weighted by Gasteiger charge is 2.17. The van der Waals surface area contributed by atoms with Crippen LogP contribution in [-0.2, 0) is 0 Å². The minimum atomic E-state index is -0.398. The maximum absolute atomic E-state index is 14.0. The Morgan fingerprint density at radius 1 is 1.14 bits per heavy atom. The van der Waals surface area contributed by atoms with Crippen molar-refractivity contribution < 1.29 is 18.7 Å². The number of para-hydroxylation sites is 1. The zero-order valence-corrected chi connectivity index (χ0v) is 16.7. The average Bonchev–Trinajstić information content (AvgIpc) is 3.31. The van der Waals surface area contributed by atoms with Crippen LogP contribution in [0.15, 0.2) is 42.5 Å². The number of amides is 1. The Hall–Kier alpha value is -3.46. The summed E-state index contributed by atoms with van der Waals surface area (Å²) in [5.74, 6) is 0.666. The molecule has 4 aromatic rings. The van der Waals surface area contributed by atoms with Crippen molar-refractivity contribution in [3.63, 3.8) is 0 Å². The Morgan fingerprint density at radius 2 is 1.93 bits per heavy atom. The van der Waals surface area contributed by atoms with Crippen molar-refractivity contribution in [3.05, 3.63) is 59.5 Å². The zero-order chi connectivity index (χ0) is 20.5. The number of aryl methyl sites for hydroxylation is 1. The van der Waals surface area contributed by atoms with Gasteiger partial charge < -0.3 is 14.8 Å². The molecule has 2 heterocycles. The van der Waals surface area contributed by atoms with Gasteiger partial charge in [-0.1, -0.05) is 17.4 Å². The summed E-state index contributed by atoms with van der Waals surface area (Å²) in [4.78, 5) is 17.1. The summed E-state index contributed by atoms with van der Waals surface area (Å²) in [6.45, 7) is 1.80. The molecule has 0 saturated heterocycles. The fourth-order valence-electron chi connectivity index (χ4n) is 2.89. The molecule has 0 aliphatic rings. The number of anilines is 1. The van der Waals surface area contributed by atoms with Gasteiger partial charge in [0.2, 0.25) is 5.13 Å². The van der Waals surface area contributed by atoms with E-state index in [2.05, 4.69) is 15.4 Å². The van der Waals surface area contributed by atoms with Gasteiger partial charge in [0, 0.05) is 11.6 Å². The van der Waals surface area contributed by atoms with Gasteiger partial charge in [0.1, 0.15) is 17.2 Å². The Morgan fingerprint density at radius 3 is 2.66 bits per heavy atom. The Labute approximate surface area is 169 Å². The molecule has 2 aromatic carbocycles. The molecule has 0 fully saturated rings. The monoisotopic (exact) mass is 412 g/mol. The molecule has 9 heteroatoms. The number of nitrogens with one attached hydrogen (secondary N) is 1. The fourth-order valence-corrected chi connectivity index (χ4v) is 3.84. The average molecular weight is 412 g/mol. The number of ether oxygens (including phenoxy) is 2. The van der Waals surface area contributed by atoms with E-state index in [0.717, 1.165) is 0 Å². The highest BCUT2D eigenvalue weighted by atomic mass is 32.1. The second-order valence-electron chi connectivity index (χ2n) is 6.19. The topological polar surface area (TPSA) is 78.3 Å². The number of thiazole rings is 1. The number of rotatable bonds is 5. The Kier molecular flexibility index (Phi) is 4.89. The lowest BCUT2D eigenvalue weighted by atomic mass is 10.2. The summed E-state index contributed by atoms with van der Waals surface area (Å²) in [6.07, 6.45) is 0. The van der Waals surface area contributed by atoms with Crippen LogP contribution >= 0.6 is 11.3 Å². The van der Waals surface area contributed by atoms with Crippen LogP contribution < -0.4 is 14.8 Å². The molecule has 0 unspecified atom stereocenters. The maximum atomic E-state index is 14.0. The molecule has 0 bridgehead atoms. The summed E-state index contributed by atoms with van der Waals surface area (Å²) in [6, 6.07) is 11.4. The number of carbonyl (C=O) groups is 1. The number of fused-ring (bicyclic) bond motifs is 1. The number of methoxy groups -OCH3 is 2. The number of aromatic nitrogens is 3. The Balaban J connectivity index is 1.68. The van der Waals surface area contributed by atoms with Crippen molar-refractivity contribution in [1.29, 1.82) is 0 Å². The highest BCUT2D eigenvalue weighted by molar-refractivity contribution is 7.20. The standard InChI is InChI=1S/C20H17FN4O3S/c1-11-9-17(22-19(26)12-7-8-14(27-2)15(10-12)28-3)25(24-11)20-23-18-13(21)5-4-6-16(18)29-20/h4-10H,1-3H3,(H,22,26). The number of hydrogen-bond acceptors (Lipinski definition) is 6.